The van der Waals surface area contributed by atoms with Crippen LogP contribution in [0.3, 0.4) is 0 Å². The number of allylic oxidation sites excluding steroid dienone is 1. The van der Waals surface area contributed by atoms with Crippen molar-refractivity contribution >= 4 is 29.2 Å². The van der Waals surface area contributed by atoms with Crippen LogP contribution in [0.15, 0.2) is 60.8 Å². The van der Waals surface area contributed by atoms with Gasteiger partial charge >= 0.3 is 12.1 Å². The maximum absolute atomic E-state index is 12.1. The number of carbonyl (C=O) groups excluding carboxylic acids is 2. The van der Waals surface area contributed by atoms with E-state index in [0.29, 0.717) is 12.8 Å². The Kier molecular flexibility index (Phi) is 7.77. The molecule has 0 spiro atoms. The summed E-state index contributed by atoms with van der Waals surface area (Å²) in [5, 5.41) is 3.61. The number of ether oxygens (including phenoxy) is 2. The summed E-state index contributed by atoms with van der Waals surface area (Å²) in [7, 11) is 1.29. The van der Waals surface area contributed by atoms with Crippen LogP contribution >= 0.6 is 0 Å². The number of nitrogens with zero attached hydrogens (tertiary/aromatic N) is 2. The molecule has 0 aliphatic heterocycles. The molecule has 0 radical (unpaired) electrons. The summed E-state index contributed by atoms with van der Waals surface area (Å²) >= 11 is 0. The molecule has 0 aliphatic rings. The zero-order chi connectivity index (χ0) is 23.8. The van der Waals surface area contributed by atoms with Gasteiger partial charge in [0.2, 0.25) is 0 Å². The number of amides is 1. The van der Waals surface area contributed by atoms with Crippen molar-refractivity contribution in [2.24, 2.45) is 0 Å². The summed E-state index contributed by atoms with van der Waals surface area (Å²) in [6.07, 6.45) is 6.14. The molecule has 1 N–H and O–H groups in total. The van der Waals surface area contributed by atoms with Crippen LogP contribution in [0.5, 0.6) is 0 Å². The van der Waals surface area contributed by atoms with E-state index in [1.165, 1.54) is 7.11 Å². The lowest BCUT2D eigenvalue weighted by molar-refractivity contribution is -0.143. The van der Waals surface area contributed by atoms with E-state index >= 15 is 0 Å². The lowest BCUT2D eigenvalue weighted by Crippen LogP contribution is -2.45. The first-order chi connectivity index (χ1) is 15.7. The van der Waals surface area contributed by atoms with Gasteiger partial charge in [0.15, 0.2) is 5.65 Å². The molecule has 1 amide bonds. The van der Waals surface area contributed by atoms with Gasteiger partial charge < -0.3 is 14.8 Å². The average Bonchev–Trinajstić information content (AvgIpc) is 2.78. The van der Waals surface area contributed by atoms with E-state index in [4.69, 9.17) is 9.47 Å². The van der Waals surface area contributed by atoms with Crippen LogP contribution in [0.2, 0.25) is 0 Å². The third kappa shape index (κ3) is 7.42. The van der Waals surface area contributed by atoms with Gasteiger partial charge in [-0.25, -0.2) is 19.6 Å². The molecule has 172 valence electrons. The Morgan fingerprint density at radius 3 is 2.55 bits per heavy atom. The maximum Gasteiger partial charge on any atom is 0.408 e. The Balaban J connectivity index is 1.60. The molecular weight excluding hydrogens is 418 g/mol. The molecule has 0 saturated heterocycles. The molecule has 2 heterocycles. The van der Waals surface area contributed by atoms with E-state index in [9.17, 15) is 9.59 Å². The molecule has 3 aromatic rings. The van der Waals surface area contributed by atoms with Crippen molar-refractivity contribution < 1.29 is 19.1 Å². The molecule has 1 aromatic carbocycles. The van der Waals surface area contributed by atoms with Gasteiger partial charge in [0.05, 0.1) is 7.11 Å². The van der Waals surface area contributed by atoms with Crippen LogP contribution in [0.1, 0.15) is 37.6 Å². The highest BCUT2D eigenvalue weighted by molar-refractivity contribution is 5.81. The topological polar surface area (TPSA) is 90.4 Å². The Morgan fingerprint density at radius 2 is 1.85 bits per heavy atom. The normalized spacial score (nSPS) is 12.5. The number of methoxy groups -OCH3 is 1. The highest BCUT2D eigenvalue weighted by Gasteiger charge is 2.25. The molecular formula is C26H29N3O4. The number of esters is 1. The molecule has 7 heteroatoms. The van der Waals surface area contributed by atoms with Gasteiger partial charge in [-0.15, -0.1) is 0 Å². The number of hydrogen-bond donors (Lipinski definition) is 1. The SMILES string of the molecule is COC(=O)[C@H](Cc1ccc(/C=C\Cc2ccc3cccnc3n2)cc1)NC(=O)OC(C)(C)C. The van der Waals surface area contributed by atoms with Gasteiger partial charge in [0.25, 0.3) is 0 Å². The minimum atomic E-state index is -0.834. The van der Waals surface area contributed by atoms with Crippen LogP contribution in [0.4, 0.5) is 4.79 Å². The number of carbonyl (C=O) groups is 2. The number of fused-ring (bicyclic) bond motifs is 1. The number of pyridine rings is 2. The Bertz CT molecular complexity index is 1130. The number of hydrogen-bond acceptors (Lipinski definition) is 6. The standard InChI is InChI=1S/C26H29N3O4/c1-26(2,3)33-25(31)29-22(24(30)32-4)17-19-12-10-18(11-13-19)7-5-9-21-15-14-20-8-6-16-27-23(20)28-21/h5-8,10-16,22H,9,17H2,1-4H3,(H,29,31)/b7-5-/t22-/m0/s1. The second-order valence-electron chi connectivity index (χ2n) is 8.63. The number of benzene rings is 1. The van der Waals surface area contributed by atoms with E-state index in [0.717, 1.165) is 27.9 Å². The number of aromatic nitrogens is 2. The third-order valence-electron chi connectivity index (χ3n) is 4.76. The monoisotopic (exact) mass is 447 g/mol. The van der Waals surface area contributed by atoms with Crippen LogP contribution in [-0.2, 0) is 27.1 Å². The fourth-order valence-corrected chi connectivity index (χ4v) is 3.21. The van der Waals surface area contributed by atoms with Gasteiger partial charge in [-0.05, 0) is 56.2 Å². The smallest absolute Gasteiger partial charge is 0.408 e. The molecule has 33 heavy (non-hydrogen) atoms. The van der Waals surface area contributed by atoms with E-state index < -0.39 is 23.7 Å². The molecule has 0 fully saturated rings. The van der Waals surface area contributed by atoms with E-state index in [-0.39, 0.29) is 0 Å². The number of rotatable bonds is 7. The van der Waals surface area contributed by atoms with Crippen molar-refractivity contribution in [1.82, 2.24) is 15.3 Å². The first-order valence-electron chi connectivity index (χ1n) is 10.8. The van der Waals surface area contributed by atoms with Crippen LogP contribution in [0, 0.1) is 0 Å². The minimum Gasteiger partial charge on any atom is -0.467 e. The molecule has 7 nitrogen and oxygen atoms in total. The van der Waals surface area contributed by atoms with Crippen LogP contribution in [0.25, 0.3) is 17.1 Å². The average molecular weight is 448 g/mol. The molecule has 0 bridgehead atoms. The molecule has 0 unspecified atom stereocenters. The summed E-state index contributed by atoms with van der Waals surface area (Å²) in [6.45, 7) is 5.29. The molecule has 0 aliphatic carbocycles. The maximum atomic E-state index is 12.1. The Labute approximate surface area is 193 Å². The molecule has 3 rings (SSSR count). The fraction of sp³-hybridized carbons (Fsp3) is 0.308. The van der Waals surface area contributed by atoms with Crippen molar-refractivity contribution in [3.05, 3.63) is 77.6 Å². The predicted molar refractivity (Wildman–Crippen MR) is 128 cm³/mol. The zero-order valence-electron chi connectivity index (χ0n) is 19.4. The highest BCUT2D eigenvalue weighted by atomic mass is 16.6. The zero-order valence-corrected chi connectivity index (χ0v) is 19.4. The van der Waals surface area contributed by atoms with E-state index in [1.54, 1.807) is 27.0 Å². The van der Waals surface area contributed by atoms with Gasteiger partial charge in [-0.3, -0.25) is 0 Å². The van der Waals surface area contributed by atoms with Crippen LogP contribution < -0.4 is 5.32 Å². The van der Waals surface area contributed by atoms with Crippen molar-refractivity contribution in [2.75, 3.05) is 7.11 Å². The van der Waals surface area contributed by atoms with Gasteiger partial charge in [0, 0.05) is 30.1 Å². The summed E-state index contributed by atoms with van der Waals surface area (Å²) in [4.78, 5) is 33.1. The summed E-state index contributed by atoms with van der Waals surface area (Å²) < 4.78 is 10.1. The quantitative estimate of drug-likeness (QED) is 0.537. The van der Waals surface area contributed by atoms with Crippen molar-refractivity contribution in [3.63, 3.8) is 0 Å². The van der Waals surface area contributed by atoms with Crippen LogP contribution in [-0.4, -0.2) is 40.8 Å². The lowest BCUT2D eigenvalue weighted by atomic mass is 10.0. The first-order valence-corrected chi connectivity index (χ1v) is 10.8. The summed E-state index contributed by atoms with van der Waals surface area (Å²) in [6, 6.07) is 14.8. The molecule has 0 saturated carbocycles. The second-order valence-corrected chi connectivity index (χ2v) is 8.63. The first kappa shape index (κ1) is 23.9. The van der Waals surface area contributed by atoms with Gasteiger partial charge in [0.1, 0.15) is 11.6 Å². The van der Waals surface area contributed by atoms with Crippen molar-refractivity contribution in [2.45, 2.75) is 45.3 Å². The van der Waals surface area contributed by atoms with Crippen molar-refractivity contribution in [1.29, 1.82) is 0 Å². The second kappa shape index (κ2) is 10.7. The van der Waals surface area contributed by atoms with E-state index in [1.807, 2.05) is 60.7 Å². The molecule has 2 aromatic heterocycles. The molecule has 1 atom stereocenters. The minimum absolute atomic E-state index is 0.296. The lowest BCUT2D eigenvalue weighted by Gasteiger charge is -2.22. The number of nitrogens with one attached hydrogen (secondary N) is 1. The largest absolute Gasteiger partial charge is 0.467 e. The summed E-state index contributed by atoms with van der Waals surface area (Å²) in [5.74, 6) is -0.526. The third-order valence-corrected chi connectivity index (χ3v) is 4.76. The van der Waals surface area contributed by atoms with Gasteiger partial charge in [-0.1, -0.05) is 36.4 Å². The summed E-state index contributed by atoms with van der Waals surface area (Å²) in [5.41, 5.74) is 2.95. The van der Waals surface area contributed by atoms with Gasteiger partial charge in [-0.2, -0.15) is 0 Å². The predicted octanol–water partition coefficient (Wildman–Crippen LogP) is 4.49. The van der Waals surface area contributed by atoms with E-state index in [2.05, 4.69) is 15.3 Å². The fourth-order valence-electron chi connectivity index (χ4n) is 3.21. The number of alkyl carbamates (subject to hydrolysis) is 1. The Morgan fingerprint density at radius 1 is 1.09 bits per heavy atom. The van der Waals surface area contributed by atoms with Crippen molar-refractivity contribution in [3.8, 4) is 0 Å². The highest BCUT2D eigenvalue weighted by Crippen LogP contribution is 2.13. The Hall–Kier alpha value is -3.74.